The van der Waals surface area contributed by atoms with Crippen molar-refractivity contribution in [2.24, 2.45) is 0 Å². The summed E-state index contributed by atoms with van der Waals surface area (Å²) >= 11 is 0. The first-order chi connectivity index (χ1) is 9.15. The number of ether oxygens (including phenoxy) is 2. The quantitative estimate of drug-likeness (QED) is 0.755. The molecule has 0 spiro atoms. The minimum Gasteiger partial charge on any atom is -0.388 e. The van der Waals surface area contributed by atoms with Gasteiger partial charge in [0.1, 0.15) is 24.1 Å². The average Bonchev–Trinajstić information content (AvgIpc) is 2.79. The van der Waals surface area contributed by atoms with Gasteiger partial charge in [0.15, 0.2) is 17.8 Å². The Balaban J connectivity index is 1.87. The Morgan fingerprint density at radius 2 is 2.32 bits per heavy atom. The maximum atomic E-state index is 9.87. The summed E-state index contributed by atoms with van der Waals surface area (Å²) in [7, 11) is 0. The van der Waals surface area contributed by atoms with Crippen LogP contribution in [0.15, 0.2) is 12.7 Å². The summed E-state index contributed by atoms with van der Waals surface area (Å²) in [6.45, 7) is 2.49. The van der Waals surface area contributed by atoms with Crippen LogP contribution in [-0.4, -0.2) is 49.7 Å². The smallest absolute Gasteiger partial charge is 0.165 e. The number of anilines is 1. The van der Waals surface area contributed by atoms with Crippen LogP contribution in [0.2, 0.25) is 0 Å². The Bertz CT molecular complexity index is 587. The summed E-state index contributed by atoms with van der Waals surface area (Å²) in [5.74, 6) is 0.338. The fourth-order valence-electron chi connectivity index (χ4n) is 2.11. The number of aliphatic hydroxyl groups excluding tert-OH is 1. The summed E-state index contributed by atoms with van der Waals surface area (Å²) < 4.78 is 12.5. The fraction of sp³-hybridized carbons (Fsp3) is 0.545. The lowest BCUT2D eigenvalue weighted by Crippen LogP contribution is -2.44. The molecule has 3 heterocycles. The highest BCUT2D eigenvalue weighted by Crippen LogP contribution is 2.18. The predicted molar refractivity (Wildman–Crippen MR) is 66.0 cm³/mol. The molecule has 8 nitrogen and oxygen atoms in total. The Morgan fingerprint density at radius 1 is 1.47 bits per heavy atom. The molecule has 1 fully saturated rings. The van der Waals surface area contributed by atoms with Crippen molar-refractivity contribution in [3.8, 4) is 0 Å². The number of nitrogens with two attached hydrogens (primary N) is 1. The zero-order chi connectivity index (χ0) is 13.4. The number of fused-ring (bicyclic) bond motifs is 1. The Hall–Kier alpha value is -1.77. The topological polar surface area (TPSA) is 108 Å². The van der Waals surface area contributed by atoms with Gasteiger partial charge < -0.3 is 24.9 Å². The van der Waals surface area contributed by atoms with E-state index in [4.69, 9.17) is 15.2 Å². The minimum absolute atomic E-state index is 0.260. The van der Waals surface area contributed by atoms with Gasteiger partial charge in [-0.05, 0) is 6.92 Å². The van der Waals surface area contributed by atoms with Crippen LogP contribution < -0.4 is 5.73 Å². The molecule has 2 aromatic heterocycles. The molecule has 0 saturated carbocycles. The summed E-state index contributed by atoms with van der Waals surface area (Å²) in [6, 6.07) is 0. The van der Waals surface area contributed by atoms with Crippen LogP contribution in [0, 0.1) is 0 Å². The molecular weight excluding hydrogens is 250 g/mol. The first-order valence-electron chi connectivity index (χ1n) is 6.01. The molecule has 2 aromatic rings. The van der Waals surface area contributed by atoms with Crippen LogP contribution in [0.5, 0.6) is 0 Å². The largest absolute Gasteiger partial charge is 0.388 e. The van der Waals surface area contributed by atoms with Crippen molar-refractivity contribution in [3.63, 3.8) is 0 Å². The van der Waals surface area contributed by atoms with Gasteiger partial charge in [-0.15, -0.1) is 0 Å². The SMILES string of the molecule is CC1OCC(O)C(Cn2cnc3c(N)ncnc32)O1. The van der Waals surface area contributed by atoms with Crippen LogP contribution in [0.25, 0.3) is 11.2 Å². The highest BCUT2D eigenvalue weighted by atomic mass is 16.7. The number of aliphatic hydroxyl groups is 1. The number of rotatable bonds is 2. The maximum absolute atomic E-state index is 9.87. The van der Waals surface area contributed by atoms with Crippen LogP contribution >= 0.6 is 0 Å². The van der Waals surface area contributed by atoms with E-state index in [1.54, 1.807) is 17.8 Å². The van der Waals surface area contributed by atoms with Crippen LogP contribution in [0.4, 0.5) is 5.82 Å². The molecular formula is C11H15N5O3. The van der Waals surface area contributed by atoms with Gasteiger partial charge in [0.05, 0.1) is 19.5 Å². The van der Waals surface area contributed by atoms with E-state index < -0.39 is 6.10 Å². The van der Waals surface area contributed by atoms with E-state index >= 15 is 0 Å². The lowest BCUT2D eigenvalue weighted by atomic mass is 10.2. The Morgan fingerprint density at radius 3 is 3.16 bits per heavy atom. The van der Waals surface area contributed by atoms with Crippen LogP contribution in [0.3, 0.4) is 0 Å². The van der Waals surface area contributed by atoms with Crippen molar-refractivity contribution in [1.29, 1.82) is 0 Å². The van der Waals surface area contributed by atoms with Crippen molar-refractivity contribution in [1.82, 2.24) is 19.5 Å². The van der Waals surface area contributed by atoms with E-state index in [1.807, 2.05) is 0 Å². The molecule has 3 unspecified atom stereocenters. The van der Waals surface area contributed by atoms with E-state index in [2.05, 4.69) is 15.0 Å². The third-order valence-corrected chi connectivity index (χ3v) is 3.10. The van der Waals surface area contributed by atoms with Crippen molar-refractivity contribution < 1.29 is 14.6 Å². The van der Waals surface area contributed by atoms with E-state index in [-0.39, 0.29) is 19.0 Å². The van der Waals surface area contributed by atoms with Crippen molar-refractivity contribution in [2.45, 2.75) is 32.0 Å². The number of imidazole rings is 1. The van der Waals surface area contributed by atoms with Gasteiger partial charge in [0.2, 0.25) is 0 Å². The number of hydrogen-bond donors (Lipinski definition) is 2. The Kier molecular flexibility index (Phi) is 3.05. The molecule has 3 N–H and O–H groups in total. The molecule has 102 valence electrons. The van der Waals surface area contributed by atoms with Crippen molar-refractivity contribution in [2.75, 3.05) is 12.3 Å². The van der Waals surface area contributed by atoms with Gasteiger partial charge in [-0.25, -0.2) is 15.0 Å². The van der Waals surface area contributed by atoms with Crippen LogP contribution in [-0.2, 0) is 16.0 Å². The second kappa shape index (κ2) is 4.72. The van der Waals surface area contributed by atoms with E-state index in [0.717, 1.165) is 0 Å². The Labute approximate surface area is 109 Å². The lowest BCUT2D eigenvalue weighted by molar-refractivity contribution is -0.246. The number of hydrogen-bond acceptors (Lipinski definition) is 7. The normalized spacial score (nSPS) is 27.8. The third-order valence-electron chi connectivity index (χ3n) is 3.10. The highest BCUT2D eigenvalue weighted by molar-refractivity contribution is 5.81. The molecule has 0 bridgehead atoms. The summed E-state index contributed by atoms with van der Waals surface area (Å²) in [4.78, 5) is 12.2. The molecule has 1 aliphatic heterocycles. The average molecular weight is 265 g/mol. The van der Waals surface area contributed by atoms with Crippen molar-refractivity contribution in [3.05, 3.63) is 12.7 Å². The first kappa shape index (κ1) is 12.3. The molecule has 3 atom stereocenters. The molecule has 1 saturated heterocycles. The summed E-state index contributed by atoms with van der Waals surface area (Å²) in [6.07, 6.45) is 1.64. The van der Waals surface area contributed by atoms with E-state index in [0.29, 0.717) is 23.5 Å². The standard InChI is InChI=1S/C11H15N5O3/c1-6-18-3-7(17)8(19-6)2-16-5-15-9-10(12)13-4-14-11(9)16/h4-8,17H,2-3H2,1H3,(H2,12,13,14). The predicted octanol–water partition coefficient (Wildman–Crippen LogP) is -0.469. The van der Waals surface area contributed by atoms with Gasteiger partial charge in [-0.3, -0.25) is 0 Å². The van der Waals surface area contributed by atoms with Crippen molar-refractivity contribution >= 4 is 17.0 Å². The van der Waals surface area contributed by atoms with Gasteiger partial charge >= 0.3 is 0 Å². The van der Waals surface area contributed by atoms with E-state index in [9.17, 15) is 5.11 Å². The summed E-state index contributed by atoms with van der Waals surface area (Å²) in [5, 5.41) is 9.87. The monoisotopic (exact) mass is 265 g/mol. The molecule has 19 heavy (non-hydrogen) atoms. The zero-order valence-corrected chi connectivity index (χ0v) is 10.4. The molecule has 0 aliphatic carbocycles. The molecule has 3 rings (SSSR count). The zero-order valence-electron chi connectivity index (χ0n) is 10.4. The number of nitrogen functional groups attached to an aromatic ring is 1. The minimum atomic E-state index is -0.673. The number of aromatic nitrogens is 4. The lowest BCUT2D eigenvalue weighted by Gasteiger charge is -2.32. The molecule has 1 aliphatic rings. The second-order valence-corrected chi connectivity index (χ2v) is 4.47. The third kappa shape index (κ3) is 2.25. The van der Waals surface area contributed by atoms with Gasteiger partial charge in [-0.1, -0.05) is 0 Å². The molecule has 0 radical (unpaired) electrons. The number of nitrogens with zero attached hydrogens (tertiary/aromatic N) is 4. The van der Waals surface area contributed by atoms with E-state index in [1.165, 1.54) is 6.33 Å². The molecule has 8 heteroatoms. The van der Waals surface area contributed by atoms with Crippen LogP contribution in [0.1, 0.15) is 6.92 Å². The molecule has 0 amide bonds. The van der Waals surface area contributed by atoms with Gasteiger partial charge in [0, 0.05) is 0 Å². The maximum Gasteiger partial charge on any atom is 0.165 e. The molecule has 0 aromatic carbocycles. The summed E-state index contributed by atoms with van der Waals surface area (Å²) in [5.41, 5.74) is 6.90. The first-order valence-corrected chi connectivity index (χ1v) is 6.01. The van der Waals surface area contributed by atoms with Gasteiger partial charge in [0.25, 0.3) is 0 Å². The second-order valence-electron chi connectivity index (χ2n) is 4.47. The fourth-order valence-corrected chi connectivity index (χ4v) is 2.11. The van der Waals surface area contributed by atoms with Gasteiger partial charge in [-0.2, -0.15) is 0 Å². The highest BCUT2D eigenvalue weighted by Gasteiger charge is 2.29.